The van der Waals surface area contributed by atoms with Gasteiger partial charge in [0, 0.05) is 0 Å². The third-order valence-electron chi connectivity index (χ3n) is 3.28. The third kappa shape index (κ3) is 4.33. The maximum Gasteiger partial charge on any atom is 0.295 e. The predicted molar refractivity (Wildman–Crippen MR) is 90.9 cm³/mol. The normalized spacial score (nSPS) is 11.8. The van der Waals surface area contributed by atoms with Crippen LogP contribution in [0.3, 0.4) is 0 Å². The maximum atomic E-state index is 11.5. The van der Waals surface area contributed by atoms with Crippen molar-refractivity contribution < 1.29 is 25.9 Å². The lowest BCUT2D eigenvalue weighted by atomic mass is 10.1. The van der Waals surface area contributed by atoms with Crippen molar-refractivity contribution in [3.8, 4) is 12.1 Å². The molecular formula is C16H10N2O6S2. The van der Waals surface area contributed by atoms with Gasteiger partial charge in [-0.15, -0.1) is 0 Å². The largest absolute Gasteiger partial charge is 0.295 e. The quantitative estimate of drug-likeness (QED) is 0.593. The zero-order chi connectivity index (χ0) is 19.5. The van der Waals surface area contributed by atoms with E-state index in [1.54, 1.807) is 12.1 Å². The van der Waals surface area contributed by atoms with Gasteiger partial charge >= 0.3 is 0 Å². The Balaban J connectivity index is 2.63. The molecule has 0 saturated heterocycles. The molecular weight excluding hydrogens is 380 g/mol. The van der Waals surface area contributed by atoms with Gasteiger partial charge in [0.25, 0.3) is 20.2 Å². The summed E-state index contributed by atoms with van der Waals surface area (Å²) in [6.07, 6.45) is 2.39. The number of nitriles is 2. The van der Waals surface area contributed by atoms with Crippen LogP contribution < -0.4 is 0 Å². The van der Waals surface area contributed by atoms with Gasteiger partial charge in [-0.1, -0.05) is 24.3 Å². The van der Waals surface area contributed by atoms with Crippen LogP contribution >= 0.6 is 0 Å². The average molecular weight is 390 g/mol. The molecule has 0 atom stereocenters. The molecule has 2 aromatic rings. The van der Waals surface area contributed by atoms with E-state index in [1.807, 2.05) is 0 Å². The van der Waals surface area contributed by atoms with Crippen LogP contribution in [0.15, 0.2) is 46.2 Å². The van der Waals surface area contributed by atoms with E-state index in [4.69, 9.17) is 10.5 Å². The Bertz CT molecular complexity index is 1100. The Kier molecular flexibility index (Phi) is 5.25. The first kappa shape index (κ1) is 19.3. The van der Waals surface area contributed by atoms with E-state index in [9.17, 15) is 25.9 Å². The standard InChI is InChI=1S/C16H10N2O6S2/c17-9-11-1-3-13(15(7-11)25(19,20)21)5-6-14-4-2-12(10-18)8-16(14)26(22,23)24/h1-8H,(H,19,20,21)(H,22,23,24)/b6-5+. The third-order valence-corrected chi connectivity index (χ3v) is 5.10. The summed E-state index contributed by atoms with van der Waals surface area (Å²) >= 11 is 0. The molecule has 10 heteroatoms. The van der Waals surface area contributed by atoms with Crippen LogP contribution in [0.5, 0.6) is 0 Å². The van der Waals surface area contributed by atoms with Crippen molar-refractivity contribution in [1.29, 1.82) is 10.5 Å². The van der Waals surface area contributed by atoms with Crippen molar-refractivity contribution in [3.63, 3.8) is 0 Å². The van der Waals surface area contributed by atoms with E-state index in [2.05, 4.69) is 0 Å². The van der Waals surface area contributed by atoms with E-state index < -0.39 is 30.0 Å². The molecule has 0 aliphatic heterocycles. The molecule has 2 rings (SSSR count). The van der Waals surface area contributed by atoms with Gasteiger partial charge < -0.3 is 0 Å². The summed E-state index contributed by atoms with van der Waals surface area (Å²) in [6, 6.07) is 10.6. The summed E-state index contributed by atoms with van der Waals surface area (Å²) in [4.78, 5) is -1.07. The number of hydrogen-bond acceptors (Lipinski definition) is 6. The van der Waals surface area contributed by atoms with Crippen molar-refractivity contribution in [2.24, 2.45) is 0 Å². The van der Waals surface area contributed by atoms with E-state index in [1.165, 1.54) is 36.4 Å². The van der Waals surface area contributed by atoms with Gasteiger partial charge in [-0.2, -0.15) is 27.4 Å². The molecule has 0 aliphatic carbocycles. The number of hydrogen-bond donors (Lipinski definition) is 2. The second-order valence-corrected chi connectivity index (χ2v) is 7.79. The molecule has 0 radical (unpaired) electrons. The average Bonchev–Trinajstić information content (AvgIpc) is 2.58. The lowest BCUT2D eigenvalue weighted by molar-refractivity contribution is 0.480. The van der Waals surface area contributed by atoms with Crippen LogP contribution in [0.2, 0.25) is 0 Å². The summed E-state index contributed by atoms with van der Waals surface area (Å²) in [5, 5.41) is 17.7. The second-order valence-electron chi connectivity index (χ2n) is 5.01. The maximum absolute atomic E-state index is 11.5. The monoisotopic (exact) mass is 390 g/mol. The van der Waals surface area contributed by atoms with Crippen molar-refractivity contribution in [3.05, 3.63) is 58.7 Å². The Hall–Kier alpha value is -3.02. The molecule has 132 valence electrons. The van der Waals surface area contributed by atoms with Gasteiger partial charge in [-0.05, 0) is 35.4 Å². The van der Waals surface area contributed by atoms with E-state index >= 15 is 0 Å². The van der Waals surface area contributed by atoms with E-state index in [-0.39, 0.29) is 22.3 Å². The van der Waals surface area contributed by atoms with Gasteiger partial charge in [0.05, 0.1) is 23.3 Å². The van der Waals surface area contributed by atoms with Crippen molar-refractivity contribution in [2.75, 3.05) is 0 Å². The number of benzene rings is 2. The zero-order valence-corrected chi connectivity index (χ0v) is 14.5. The highest BCUT2D eigenvalue weighted by Crippen LogP contribution is 2.23. The zero-order valence-electron chi connectivity index (χ0n) is 12.9. The van der Waals surface area contributed by atoms with Crippen LogP contribution in [0.4, 0.5) is 0 Å². The van der Waals surface area contributed by atoms with Crippen LogP contribution in [-0.2, 0) is 20.2 Å². The molecule has 0 unspecified atom stereocenters. The highest BCUT2D eigenvalue weighted by molar-refractivity contribution is 7.86. The molecule has 0 heterocycles. The molecule has 8 nitrogen and oxygen atoms in total. The molecule has 0 aromatic heterocycles. The van der Waals surface area contributed by atoms with Gasteiger partial charge in [0.2, 0.25) is 0 Å². The SMILES string of the molecule is N#Cc1ccc(/C=C/c2ccc(C#N)cc2S(=O)(=O)O)c(S(=O)(=O)O)c1. The number of nitrogens with zero attached hydrogens (tertiary/aromatic N) is 2. The molecule has 0 spiro atoms. The molecule has 0 bridgehead atoms. The van der Waals surface area contributed by atoms with Gasteiger partial charge in [0.1, 0.15) is 9.79 Å². The van der Waals surface area contributed by atoms with E-state index in [0.29, 0.717) is 0 Å². The molecule has 0 fully saturated rings. The molecule has 2 aromatic carbocycles. The topological polar surface area (TPSA) is 156 Å². The van der Waals surface area contributed by atoms with Gasteiger partial charge in [-0.3, -0.25) is 9.11 Å². The first-order valence-corrected chi connectivity index (χ1v) is 9.65. The Morgan fingerprint density at radius 2 is 1.08 bits per heavy atom. The minimum Gasteiger partial charge on any atom is -0.282 e. The Labute approximate surface area is 149 Å². The second kappa shape index (κ2) is 7.07. The molecule has 0 amide bonds. The highest BCUT2D eigenvalue weighted by atomic mass is 32.2. The van der Waals surface area contributed by atoms with Crippen molar-refractivity contribution in [1.82, 2.24) is 0 Å². The summed E-state index contributed by atoms with van der Waals surface area (Å²) in [5.74, 6) is 0. The van der Waals surface area contributed by atoms with Crippen LogP contribution in [-0.4, -0.2) is 25.9 Å². The van der Waals surface area contributed by atoms with Crippen LogP contribution in [0, 0.1) is 22.7 Å². The van der Waals surface area contributed by atoms with Crippen molar-refractivity contribution >= 4 is 32.4 Å². The first-order valence-electron chi connectivity index (χ1n) is 6.77. The Morgan fingerprint density at radius 1 is 0.731 bits per heavy atom. The molecule has 26 heavy (non-hydrogen) atoms. The van der Waals surface area contributed by atoms with Crippen molar-refractivity contribution in [2.45, 2.75) is 9.79 Å². The highest BCUT2D eigenvalue weighted by Gasteiger charge is 2.17. The molecule has 0 saturated carbocycles. The summed E-state index contributed by atoms with van der Waals surface area (Å²) in [7, 11) is -9.27. The minimum atomic E-state index is -4.63. The van der Waals surface area contributed by atoms with Crippen LogP contribution in [0.1, 0.15) is 22.3 Å². The molecule has 2 N–H and O–H groups in total. The Morgan fingerprint density at radius 3 is 1.35 bits per heavy atom. The summed E-state index contributed by atoms with van der Waals surface area (Å²) in [6.45, 7) is 0. The lowest BCUT2D eigenvalue weighted by Crippen LogP contribution is -2.02. The first-order chi connectivity index (χ1) is 12.1. The summed E-state index contributed by atoms with van der Waals surface area (Å²) < 4.78 is 64.5. The fourth-order valence-corrected chi connectivity index (χ4v) is 3.53. The minimum absolute atomic E-state index is 0.00264. The summed E-state index contributed by atoms with van der Waals surface area (Å²) in [5.41, 5.74) is 0.00726. The number of rotatable bonds is 4. The van der Waals surface area contributed by atoms with Gasteiger partial charge in [0.15, 0.2) is 0 Å². The predicted octanol–water partition coefficient (Wildman–Crippen LogP) is 2.09. The lowest BCUT2D eigenvalue weighted by Gasteiger charge is -2.05. The fourth-order valence-electron chi connectivity index (χ4n) is 2.11. The van der Waals surface area contributed by atoms with Crippen LogP contribution in [0.25, 0.3) is 12.2 Å². The molecule has 0 aliphatic rings. The van der Waals surface area contributed by atoms with Gasteiger partial charge in [-0.25, -0.2) is 0 Å². The van der Waals surface area contributed by atoms with E-state index in [0.717, 1.165) is 12.1 Å². The fraction of sp³-hybridized carbons (Fsp3) is 0. The smallest absolute Gasteiger partial charge is 0.282 e.